The Morgan fingerprint density at radius 1 is 0.510 bits per heavy atom. The zero-order valence-corrected chi connectivity index (χ0v) is 28.4. The molecule has 0 atom stereocenters. The molecule has 0 saturated carbocycles. The maximum Gasteiger partial charge on any atom is 0.164 e. The van der Waals surface area contributed by atoms with E-state index in [4.69, 9.17) is 20.2 Å². The summed E-state index contributed by atoms with van der Waals surface area (Å²) in [4.78, 5) is 23.3. The van der Waals surface area contributed by atoms with Gasteiger partial charge in [-0.15, -0.1) is 59.7 Å². The number of rotatable bonds is 5. The van der Waals surface area contributed by atoms with Crippen molar-refractivity contribution in [3.8, 4) is 62.7 Å². The molecule has 8 rings (SSSR count). The molecule has 0 bridgehead atoms. The molecule has 3 heterocycles. The minimum atomic E-state index is 0. The first-order chi connectivity index (χ1) is 23.7. The number of pyridine rings is 2. The summed E-state index contributed by atoms with van der Waals surface area (Å²) in [6.45, 7) is 0. The molecule has 0 spiro atoms. The van der Waals surface area contributed by atoms with Crippen LogP contribution in [0.1, 0.15) is 5.56 Å². The van der Waals surface area contributed by atoms with Crippen LogP contribution in [0.3, 0.4) is 0 Å². The normalized spacial score (nSPS) is 10.3. The second kappa shape index (κ2) is 15.6. The van der Waals surface area contributed by atoms with Crippen LogP contribution in [0.2, 0.25) is 0 Å². The van der Waals surface area contributed by atoms with Crippen LogP contribution in [0.4, 0.5) is 0 Å². The zero-order chi connectivity index (χ0) is 32.5. The summed E-state index contributed by atoms with van der Waals surface area (Å²) in [5, 5.41) is 11.0. The van der Waals surface area contributed by atoms with Gasteiger partial charge in [-0.2, -0.15) is 5.26 Å². The third kappa shape index (κ3) is 7.69. The fourth-order valence-electron chi connectivity index (χ4n) is 5.22. The first kappa shape index (κ1) is 32.7. The average molecular weight is 807 g/mol. The van der Waals surface area contributed by atoms with Gasteiger partial charge in [-0.1, -0.05) is 103 Å². The first-order valence-corrected chi connectivity index (χ1v) is 15.3. The molecule has 0 saturated heterocycles. The Hall–Kier alpha value is -6.19. The number of nitrogens with zero attached hydrogens (tertiary/aromatic N) is 6. The van der Waals surface area contributed by atoms with Crippen LogP contribution in [0.15, 0.2) is 158 Å². The molecule has 3 aromatic heterocycles. The summed E-state index contributed by atoms with van der Waals surface area (Å²) in [7, 11) is 0. The van der Waals surface area contributed by atoms with Crippen LogP contribution in [0, 0.1) is 23.5 Å². The van der Waals surface area contributed by atoms with Gasteiger partial charge in [0.1, 0.15) is 5.82 Å². The van der Waals surface area contributed by atoms with Crippen molar-refractivity contribution in [2.45, 2.75) is 0 Å². The molecule has 8 aromatic rings. The molecule has 0 aliphatic rings. The number of fused-ring (bicyclic) bond motifs is 1. The Balaban J connectivity index is 0.000000234. The minimum Gasteiger partial charge on any atom is -0.305 e. The van der Waals surface area contributed by atoms with Gasteiger partial charge in [0.2, 0.25) is 0 Å². The van der Waals surface area contributed by atoms with E-state index in [0.717, 1.165) is 50.0 Å². The van der Waals surface area contributed by atoms with Crippen LogP contribution in [-0.2, 0) is 20.1 Å². The van der Waals surface area contributed by atoms with Crippen LogP contribution in [0.25, 0.3) is 67.5 Å². The molecule has 0 aliphatic heterocycles. The van der Waals surface area contributed by atoms with E-state index >= 15 is 0 Å². The summed E-state index contributed by atoms with van der Waals surface area (Å²) in [6.07, 6.45) is 3.56. The molecule has 1 radical (unpaired) electrons. The molecule has 0 N–H and O–H groups in total. The predicted molar refractivity (Wildman–Crippen MR) is 189 cm³/mol. The molecule has 5 aromatic carbocycles. The van der Waals surface area contributed by atoms with Gasteiger partial charge in [-0.3, -0.25) is 0 Å². The zero-order valence-electron chi connectivity index (χ0n) is 26.0. The van der Waals surface area contributed by atoms with Gasteiger partial charge >= 0.3 is 0 Å². The number of hydrogen-bond acceptors (Lipinski definition) is 6. The smallest absolute Gasteiger partial charge is 0.164 e. The fourth-order valence-corrected chi connectivity index (χ4v) is 5.22. The van der Waals surface area contributed by atoms with E-state index in [1.54, 1.807) is 24.4 Å². The van der Waals surface area contributed by atoms with Crippen LogP contribution < -0.4 is 0 Å². The quantitative estimate of drug-likeness (QED) is 0.161. The SMILES string of the molecule is N#Cc1cc[c-]c(-c2ccccn2)c1.[Ir].[c-]1ccc(-c2nc(-c3ccccc3)nc(-c3ccccc3)n2)cc1-c1nccc2ccccc12. The van der Waals surface area contributed by atoms with E-state index in [1.165, 1.54) is 0 Å². The van der Waals surface area contributed by atoms with Crippen LogP contribution >= 0.6 is 0 Å². The van der Waals surface area contributed by atoms with Crippen molar-refractivity contribution in [2.75, 3.05) is 0 Å². The van der Waals surface area contributed by atoms with Crippen LogP contribution in [-0.4, -0.2) is 24.9 Å². The second-order valence-electron chi connectivity index (χ2n) is 10.7. The Morgan fingerprint density at radius 3 is 1.80 bits per heavy atom. The summed E-state index contributed by atoms with van der Waals surface area (Å²) in [5.74, 6) is 1.90. The summed E-state index contributed by atoms with van der Waals surface area (Å²) in [6, 6.07) is 55.6. The molecular formula is C42H26IrN6-2. The van der Waals surface area contributed by atoms with E-state index in [9.17, 15) is 0 Å². The number of benzene rings is 5. The summed E-state index contributed by atoms with van der Waals surface area (Å²) >= 11 is 0. The van der Waals surface area contributed by atoms with Gasteiger partial charge < -0.3 is 9.97 Å². The van der Waals surface area contributed by atoms with Crippen molar-refractivity contribution in [3.05, 3.63) is 176 Å². The van der Waals surface area contributed by atoms with Crippen molar-refractivity contribution in [1.82, 2.24) is 24.9 Å². The molecule has 49 heavy (non-hydrogen) atoms. The van der Waals surface area contributed by atoms with Crippen molar-refractivity contribution in [3.63, 3.8) is 0 Å². The fraction of sp³-hybridized carbons (Fsp3) is 0. The minimum absolute atomic E-state index is 0. The second-order valence-corrected chi connectivity index (χ2v) is 10.7. The molecule has 0 aliphatic carbocycles. The monoisotopic (exact) mass is 807 g/mol. The molecule has 0 unspecified atom stereocenters. The maximum absolute atomic E-state index is 8.72. The number of hydrogen-bond donors (Lipinski definition) is 0. The van der Waals surface area contributed by atoms with E-state index in [-0.39, 0.29) is 20.1 Å². The van der Waals surface area contributed by atoms with E-state index in [2.05, 4.69) is 40.3 Å². The van der Waals surface area contributed by atoms with Gasteiger partial charge in [-0.25, -0.2) is 15.0 Å². The third-order valence-corrected chi connectivity index (χ3v) is 7.56. The van der Waals surface area contributed by atoms with Crippen molar-refractivity contribution in [1.29, 1.82) is 5.26 Å². The topological polar surface area (TPSA) is 88.2 Å². The Kier molecular flexibility index (Phi) is 10.4. The van der Waals surface area contributed by atoms with Gasteiger partial charge in [0.05, 0.1) is 6.07 Å². The molecule has 0 amide bonds. The average Bonchev–Trinajstić information content (AvgIpc) is 3.19. The Bertz CT molecular complexity index is 2300. The first-order valence-electron chi connectivity index (χ1n) is 15.3. The van der Waals surface area contributed by atoms with Crippen LogP contribution in [0.5, 0.6) is 0 Å². The molecule has 6 nitrogen and oxygen atoms in total. The van der Waals surface area contributed by atoms with E-state index in [0.29, 0.717) is 23.0 Å². The van der Waals surface area contributed by atoms with Gasteiger partial charge in [0, 0.05) is 43.6 Å². The van der Waals surface area contributed by atoms with E-state index < -0.39 is 0 Å². The van der Waals surface area contributed by atoms with Crippen molar-refractivity contribution >= 4 is 10.8 Å². The summed E-state index contributed by atoms with van der Waals surface area (Å²) in [5.41, 5.74) is 6.89. The predicted octanol–water partition coefficient (Wildman–Crippen LogP) is 9.31. The number of nitriles is 1. The Labute approximate surface area is 298 Å². The molecule has 235 valence electrons. The molecule has 0 fully saturated rings. The summed E-state index contributed by atoms with van der Waals surface area (Å²) < 4.78 is 0. The molecular weight excluding hydrogens is 781 g/mol. The Morgan fingerprint density at radius 2 is 1.12 bits per heavy atom. The standard InChI is InChI=1S/C30H19N4.C12H7N2.Ir/c1-3-11-22(12-4-1)28-32-29(23-13-5-2-6-14-23)34-30(33-28)25-16-9-15-24(20-25)27-26-17-8-7-10-21(26)18-19-31-27;13-9-10-4-3-5-11(8-10)12-6-1-2-7-14-12;/h1-14,16-20H;1-4,6-8H;/q2*-1;. The number of aromatic nitrogens is 5. The largest absolute Gasteiger partial charge is 0.305 e. The van der Waals surface area contributed by atoms with Gasteiger partial charge in [-0.05, 0) is 39.9 Å². The van der Waals surface area contributed by atoms with E-state index in [1.807, 2.05) is 121 Å². The third-order valence-electron chi connectivity index (χ3n) is 7.56. The maximum atomic E-state index is 8.72. The molecule has 7 heteroatoms. The van der Waals surface area contributed by atoms with Gasteiger partial charge in [0.15, 0.2) is 11.6 Å². The van der Waals surface area contributed by atoms with Crippen molar-refractivity contribution in [2.24, 2.45) is 0 Å². The van der Waals surface area contributed by atoms with Gasteiger partial charge in [0.25, 0.3) is 0 Å². The van der Waals surface area contributed by atoms with Crippen molar-refractivity contribution < 1.29 is 20.1 Å².